The predicted octanol–water partition coefficient (Wildman–Crippen LogP) is 2.46. The lowest BCUT2D eigenvalue weighted by Crippen LogP contribution is -2.30. The van der Waals surface area contributed by atoms with Gasteiger partial charge in [0.1, 0.15) is 0 Å². The molecule has 1 amide bonds. The number of nitrogens with one attached hydrogen (secondary N) is 2. The largest absolute Gasteiger partial charge is 0.392 e. The zero-order chi connectivity index (χ0) is 20.9. The lowest BCUT2D eigenvalue weighted by Gasteiger charge is -2.25. The van der Waals surface area contributed by atoms with Crippen molar-refractivity contribution in [3.8, 4) is 0 Å². The van der Waals surface area contributed by atoms with E-state index in [9.17, 15) is 4.79 Å². The summed E-state index contributed by atoms with van der Waals surface area (Å²) >= 11 is 0. The summed E-state index contributed by atoms with van der Waals surface area (Å²) in [6, 6.07) is 7.75. The van der Waals surface area contributed by atoms with E-state index in [0.29, 0.717) is 31.9 Å². The molecule has 1 aliphatic heterocycles. The third-order valence-electron chi connectivity index (χ3n) is 5.44. The van der Waals surface area contributed by atoms with E-state index in [1.54, 1.807) is 12.4 Å². The van der Waals surface area contributed by atoms with Gasteiger partial charge in [0, 0.05) is 38.5 Å². The maximum absolute atomic E-state index is 13.0. The molecule has 0 saturated carbocycles. The van der Waals surface area contributed by atoms with Gasteiger partial charge in [0.25, 0.3) is 5.91 Å². The number of anilines is 1. The Hall–Kier alpha value is -2.97. The number of aliphatic hydroxyl groups is 1. The number of aromatic nitrogens is 3. The summed E-state index contributed by atoms with van der Waals surface area (Å²) < 4.78 is 7.29. The molecular weight excluding hydrogens is 382 g/mol. The molecular formula is C22H27N5O3. The number of nitrogens with zero attached hydrogens (tertiary/aromatic N) is 3. The Morgan fingerprint density at radius 2 is 1.93 bits per heavy atom. The van der Waals surface area contributed by atoms with Crippen LogP contribution in [0.4, 0.5) is 5.69 Å². The van der Waals surface area contributed by atoms with Crippen molar-refractivity contribution < 1.29 is 14.6 Å². The van der Waals surface area contributed by atoms with Gasteiger partial charge in [-0.25, -0.2) is 9.67 Å². The first-order valence-corrected chi connectivity index (χ1v) is 10.3. The van der Waals surface area contributed by atoms with E-state index in [2.05, 4.69) is 20.7 Å². The molecule has 8 heteroatoms. The summed E-state index contributed by atoms with van der Waals surface area (Å²) in [4.78, 5) is 17.6. The van der Waals surface area contributed by atoms with E-state index in [4.69, 9.17) is 9.84 Å². The molecule has 158 valence electrons. The van der Waals surface area contributed by atoms with Crippen LogP contribution in [0.1, 0.15) is 41.3 Å². The zero-order valence-electron chi connectivity index (χ0n) is 17.1. The fourth-order valence-electron chi connectivity index (χ4n) is 3.67. The van der Waals surface area contributed by atoms with Crippen LogP contribution in [0.2, 0.25) is 0 Å². The third-order valence-corrected chi connectivity index (χ3v) is 5.44. The number of ether oxygens (including phenoxy) is 1. The summed E-state index contributed by atoms with van der Waals surface area (Å²) in [5, 5.41) is 21.0. The molecule has 3 N–H and O–H groups in total. The summed E-state index contributed by atoms with van der Waals surface area (Å²) in [7, 11) is 0. The van der Waals surface area contributed by atoms with Crippen molar-refractivity contribution in [3.05, 3.63) is 53.3 Å². The Bertz CT molecular complexity index is 1010. The quantitative estimate of drug-likeness (QED) is 0.554. The van der Waals surface area contributed by atoms with Crippen LogP contribution >= 0.6 is 0 Å². The number of rotatable bonds is 7. The second-order valence-electron chi connectivity index (χ2n) is 7.43. The SMILES string of the molecule is CCn1ncc2c(NC3CCOCC3)c(C(=O)NCc3ccc(CO)cc3)cnc21. The molecule has 4 rings (SSSR count). The summed E-state index contributed by atoms with van der Waals surface area (Å²) in [5.41, 5.74) is 3.86. The Morgan fingerprint density at radius 3 is 2.63 bits per heavy atom. The van der Waals surface area contributed by atoms with Crippen LogP contribution in [0.25, 0.3) is 11.0 Å². The standard InChI is InChI=1S/C22H27N5O3/c1-2-27-21-18(13-25-27)20(26-17-7-9-30-10-8-17)19(12-23-21)22(29)24-11-15-3-5-16(14-28)6-4-15/h3-6,12-13,17,28H,2,7-11,14H2,1H3,(H,23,26)(H,24,29). The van der Waals surface area contributed by atoms with Crippen LogP contribution in [0, 0.1) is 0 Å². The van der Waals surface area contributed by atoms with E-state index < -0.39 is 0 Å². The van der Waals surface area contributed by atoms with Crippen molar-refractivity contribution in [1.82, 2.24) is 20.1 Å². The molecule has 1 fully saturated rings. The third kappa shape index (κ3) is 4.29. The van der Waals surface area contributed by atoms with Crippen LogP contribution in [-0.4, -0.2) is 45.0 Å². The molecule has 0 atom stereocenters. The molecule has 1 aromatic carbocycles. The smallest absolute Gasteiger partial charge is 0.255 e. The molecule has 30 heavy (non-hydrogen) atoms. The highest BCUT2D eigenvalue weighted by Gasteiger charge is 2.22. The van der Waals surface area contributed by atoms with Gasteiger partial charge < -0.3 is 20.5 Å². The first-order valence-electron chi connectivity index (χ1n) is 10.3. The van der Waals surface area contributed by atoms with Crippen LogP contribution in [0.5, 0.6) is 0 Å². The number of carbonyl (C=O) groups is 1. The Morgan fingerprint density at radius 1 is 1.20 bits per heavy atom. The molecule has 3 aromatic rings. The maximum Gasteiger partial charge on any atom is 0.255 e. The van der Waals surface area contributed by atoms with Gasteiger partial charge in [-0.1, -0.05) is 24.3 Å². The average Bonchev–Trinajstić information content (AvgIpc) is 3.22. The Kier molecular flexibility index (Phi) is 6.25. The monoisotopic (exact) mass is 409 g/mol. The molecule has 8 nitrogen and oxygen atoms in total. The van der Waals surface area contributed by atoms with Crippen molar-refractivity contribution in [1.29, 1.82) is 0 Å². The lowest BCUT2D eigenvalue weighted by atomic mass is 10.1. The van der Waals surface area contributed by atoms with Crippen LogP contribution < -0.4 is 10.6 Å². The van der Waals surface area contributed by atoms with Crippen molar-refractivity contribution in [2.24, 2.45) is 0 Å². The summed E-state index contributed by atoms with van der Waals surface area (Å²) in [5.74, 6) is -0.186. The van der Waals surface area contributed by atoms with E-state index in [0.717, 1.165) is 40.7 Å². The summed E-state index contributed by atoms with van der Waals surface area (Å²) in [6.07, 6.45) is 5.19. The predicted molar refractivity (Wildman–Crippen MR) is 114 cm³/mol. The number of aliphatic hydroxyl groups excluding tert-OH is 1. The minimum Gasteiger partial charge on any atom is -0.392 e. The van der Waals surface area contributed by atoms with Crippen molar-refractivity contribution in [3.63, 3.8) is 0 Å². The van der Waals surface area contributed by atoms with E-state index in [1.165, 1.54) is 0 Å². The second kappa shape index (κ2) is 9.23. The van der Waals surface area contributed by atoms with Crippen molar-refractivity contribution >= 4 is 22.6 Å². The van der Waals surface area contributed by atoms with Gasteiger partial charge in [-0.2, -0.15) is 5.10 Å². The van der Waals surface area contributed by atoms with Gasteiger partial charge in [0.15, 0.2) is 5.65 Å². The number of benzene rings is 1. The Labute approximate surface area is 175 Å². The number of hydrogen-bond donors (Lipinski definition) is 3. The normalized spacial score (nSPS) is 14.7. The number of amides is 1. The number of aryl methyl sites for hydroxylation is 1. The van der Waals surface area contributed by atoms with Gasteiger partial charge in [0.05, 0.1) is 29.4 Å². The molecule has 0 aliphatic carbocycles. The van der Waals surface area contributed by atoms with Crippen LogP contribution in [0.3, 0.4) is 0 Å². The zero-order valence-corrected chi connectivity index (χ0v) is 17.1. The first-order chi connectivity index (χ1) is 14.7. The lowest BCUT2D eigenvalue weighted by molar-refractivity contribution is 0.0904. The van der Waals surface area contributed by atoms with E-state index in [1.807, 2.05) is 35.9 Å². The van der Waals surface area contributed by atoms with Crippen LogP contribution in [-0.2, 0) is 24.4 Å². The van der Waals surface area contributed by atoms with Crippen molar-refractivity contribution in [2.75, 3.05) is 18.5 Å². The topological polar surface area (TPSA) is 101 Å². The highest BCUT2D eigenvalue weighted by molar-refractivity contribution is 6.06. The molecule has 0 unspecified atom stereocenters. The number of pyridine rings is 1. The van der Waals surface area contributed by atoms with Gasteiger partial charge in [-0.15, -0.1) is 0 Å². The average molecular weight is 409 g/mol. The van der Waals surface area contributed by atoms with E-state index >= 15 is 0 Å². The van der Waals surface area contributed by atoms with Gasteiger partial charge >= 0.3 is 0 Å². The molecule has 2 aromatic heterocycles. The second-order valence-corrected chi connectivity index (χ2v) is 7.43. The minimum atomic E-state index is -0.186. The fraction of sp³-hybridized carbons (Fsp3) is 0.409. The number of fused-ring (bicyclic) bond motifs is 1. The molecule has 0 spiro atoms. The van der Waals surface area contributed by atoms with E-state index in [-0.39, 0.29) is 18.6 Å². The molecule has 3 heterocycles. The molecule has 1 saturated heterocycles. The molecule has 0 bridgehead atoms. The van der Waals surface area contributed by atoms with Gasteiger partial charge in [-0.05, 0) is 30.9 Å². The molecule has 1 aliphatic rings. The first kappa shape index (κ1) is 20.3. The Balaban J connectivity index is 1.59. The van der Waals surface area contributed by atoms with Crippen molar-refractivity contribution in [2.45, 2.75) is 45.5 Å². The minimum absolute atomic E-state index is 0.00496. The fourth-order valence-corrected chi connectivity index (χ4v) is 3.67. The van der Waals surface area contributed by atoms with Crippen LogP contribution in [0.15, 0.2) is 36.7 Å². The highest BCUT2D eigenvalue weighted by Crippen LogP contribution is 2.28. The van der Waals surface area contributed by atoms with Gasteiger partial charge in [-0.3, -0.25) is 4.79 Å². The number of carbonyl (C=O) groups excluding carboxylic acids is 1. The highest BCUT2D eigenvalue weighted by atomic mass is 16.5. The molecule has 0 radical (unpaired) electrons. The summed E-state index contributed by atoms with van der Waals surface area (Å²) in [6.45, 7) is 4.56. The van der Waals surface area contributed by atoms with Gasteiger partial charge in [0.2, 0.25) is 0 Å². The number of hydrogen-bond acceptors (Lipinski definition) is 6. The maximum atomic E-state index is 13.0.